The second-order valence-electron chi connectivity index (χ2n) is 6.52. The number of amides is 1. The number of carbonyl (C=O) groups is 1. The Morgan fingerprint density at radius 2 is 1.58 bits per heavy atom. The van der Waals surface area contributed by atoms with Gasteiger partial charge in [-0.15, -0.1) is 0 Å². The maximum Gasteiger partial charge on any atom is 0.243 e. The van der Waals surface area contributed by atoms with E-state index >= 15 is 0 Å². The van der Waals surface area contributed by atoms with Gasteiger partial charge in [-0.1, -0.05) is 36.8 Å². The summed E-state index contributed by atoms with van der Waals surface area (Å²) in [5.41, 5.74) is 1.73. The van der Waals surface area contributed by atoms with Gasteiger partial charge in [0.05, 0.1) is 4.90 Å². The van der Waals surface area contributed by atoms with E-state index in [0.29, 0.717) is 30.8 Å². The molecule has 3 rings (SSSR count). The van der Waals surface area contributed by atoms with Crippen LogP contribution in [0.5, 0.6) is 0 Å². The average molecular weight is 372 g/mol. The lowest BCUT2D eigenvalue weighted by Gasteiger charge is -2.25. The largest absolute Gasteiger partial charge is 0.326 e. The molecule has 138 valence electrons. The molecule has 1 N–H and O–H groups in total. The van der Waals surface area contributed by atoms with Crippen molar-refractivity contribution in [3.8, 4) is 0 Å². The number of anilines is 1. The van der Waals surface area contributed by atoms with Crippen molar-refractivity contribution in [3.63, 3.8) is 0 Å². The number of rotatable bonds is 6. The van der Waals surface area contributed by atoms with Gasteiger partial charge in [0.25, 0.3) is 0 Å². The van der Waals surface area contributed by atoms with Crippen LogP contribution >= 0.6 is 0 Å². The SMILES string of the molecule is O=C(CCc1ccc(S(=O)(=O)N2CCCCC2)cc1)Nc1ccccc1. The molecular formula is C20H24N2O3S. The molecule has 0 unspecified atom stereocenters. The zero-order valence-electron chi connectivity index (χ0n) is 14.7. The fraction of sp³-hybridized carbons (Fsp3) is 0.350. The van der Waals surface area contributed by atoms with Gasteiger partial charge >= 0.3 is 0 Å². The van der Waals surface area contributed by atoms with Gasteiger partial charge in [-0.05, 0) is 49.1 Å². The highest BCUT2D eigenvalue weighted by Crippen LogP contribution is 2.21. The number of carbonyl (C=O) groups excluding carboxylic acids is 1. The number of para-hydroxylation sites is 1. The molecule has 1 aliphatic heterocycles. The molecule has 0 radical (unpaired) electrons. The molecule has 2 aromatic carbocycles. The van der Waals surface area contributed by atoms with Crippen LogP contribution in [0.15, 0.2) is 59.5 Å². The fourth-order valence-electron chi connectivity index (χ4n) is 3.09. The predicted molar refractivity (Wildman–Crippen MR) is 102 cm³/mol. The molecule has 1 heterocycles. The van der Waals surface area contributed by atoms with Crippen molar-refractivity contribution in [3.05, 3.63) is 60.2 Å². The van der Waals surface area contributed by atoms with Crippen molar-refractivity contribution >= 4 is 21.6 Å². The Kier molecular flexibility index (Phi) is 6.06. The number of sulfonamides is 1. The highest BCUT2D eigenvalue weighted by molar-refractivity contribution is 7.89. The molecule has 0 aromatic heterocycles. The van der Waals surface area contributed by atoms with Gasteiger partial charge in [0, 0.05) is 25.2 Å². The van der Waals surface area contributed by atoms with Crippen molar-refractivity contribution in [2.24, 2.45) is 0 Å². The van der Waals surface area contributed by atoms with Crippen LogP contribution in [0.25, 0.3) is 0 Å². The summed E-state index contributed by atoms with van der Waals surface area (Å²) < 4.78 is 26.8. The minimum atomic E-state index is -3.40. The van der Waals surface area contributed by atoms with Gasteiger partial charge in [0.2, 0.25) is 15.9 Å². The molecule has 0 spiro atoms. The van der Waals surface area contributed by atoms with Crippen LogP contribution in [-0.2, 0) is 21.2 Å². The Labute approximate surface area is 155 Å². The molecule has 6 heteroatoms. The van der Waals surface area contributed by atoms with Crippen molar-refractivity contribution in [1.82, 2.24) is 4.31 Å². The minimum Gasteiger partial charge on any atom is -0.326 e. The molecule has 26 heavy (non-hydrogen) atoms. The second-order valence-corrected chi connectivity index (χ2v) is 8.46. The topological polar surface area (TPSA) is 66.5 Å². The van der Waals surface area contributed by atoms with Crippen LogP contribution in [0, 0.1) is 0 Å². The highest BCUT2D eigenvalue weighted by atomic mass is 32.2. The first kappa shape index (κ1) is 18.6. The van der Waals surface area contributed by atoms with Crippen LogP contribution in [0.1, 0.15) is 31.2 Å². The number of piperidine rings is 1. The highest BCUT2D eigenvalue weighted by Gasteiger charge is 2.25. The minimum absolute atomic E-state index is 0.0544. The number of hydrogen-bond acceptors (Lipinski definition) is 3. The average Bonchev–Trinajstić information content (AvgIpc) is 2.68. The van der Waals surface area contributed by atoms with E-state index in [1.54, 1.807) is 28.6 Å². The Morgan fingerprint density at radius 3 is 2.23 bits per heavy atom. The van der Waals surface area contributed by atoms with Crippen LogP contribution in [0.4, 0.5) is 5.69 Å². The number of hydrogen-bond donors (Lipinski definition) is 1. The Morgan fingerprint density at radius 1 is 0.923 bits per heavy atom. The maximum atomic E-state index is 12.6. The van der Waals surface area contributed by atoms with Gasteiger partial charge in [-0.2, -0.15) is 4.31 Å². The van der Waals surface area contributed by atoms with Crippen molar-refractivity contribution in [1.29, 1.82) is 0 Å². The molecule has 5 nitrogen and oxygen atoms in total. The Balaban J connectivity index is 1.56. The quantitative estimate of drug-likeness (QED) is 0.845. The molecule has 0 bridgehead atoms. The summed E-state index contributed by atoms with van der Waals surface area (Å²) in [6, 6.07) is 16.2. The third-order valence-corrected chi connectivity index (χ3v) is 6.49. The van der Waals surface area contributed by atoms with E-state index in [0.717, 1.165) is 30.5 Å². The van der Waals surface area contributed by atoms with Gasteiger partial charge in [-0.3, -0.25) is 4.79 Å². The molecule has 1 aliphatic rings. The van der Waals surface area contributed by atoms with E-state index in [-0.39, 0.29) is 5.91 Å². The van der Waals surface area contributed by atoms with Gasteiger partial charge in [0.1, 0.15) is 0 Å². The summed E-state index contributed by atoms with van der Waals surface area (Å²) in [5.74, 6) is -0.0544. The van der Waals surface area contributed by atoms with Crippen molar-refractivity contribution < 1.29 is 13.2 Å². The third kappa shape index (κ3) is 4.71. The molecule has 1 saturated heterocycles. The standard InChI is InChI=1S/C20H24N2O3S/c23-20(21-18-7-3-1-4-8-18)14-11-17-9-12-19(13-10-17)26(24,25)22-15-5-2-6-16-22/h1,3-4,7-10,12-13H,2,5-6,11,14-16H2,(H,21,23). The van der Waals surface area contributed by atoms with Gasteiger partial charge in [0.15, 0.2) is 0 Å². The molecule has 0 atom stereocenters. The summed E-state index contributed by atoms with van der Waals surface area (Å²) in [6.07, 6.45) is 3.87. The predicted octanol–water partition coefficient (Wildman–Crippen LogP) is 3.43. The smallest absolute Gasteiger partial charge is 0.243 e. The molecule has 0 aliphatic carbocycles. The normalized spacial score (nSPS) is 15.5. The molecule has 0 saturated carbocycles. The zero-order valence-corrected chi connectivity index (χ0v) is 15.5. The fourth-order valence-corrected chi connectivity index (χ4v) is 4.60. The number of nitrogens with one attached hydrogen (secondary N) is 1. The van der Waals surface area contributed by atoms with E-state index in [2.05, 4.69) is 5.32 Å². The lowest BCUT2D eigenvalue weighted by Crippen LogP contribution is -2.35. The van der Waals surface area contributed by atoms with Crippen LogP contribution in [-0.4, -0.2) is 31.7 Å². The number of benzene rings is 2. The molecule has 1 fully saturated rings. The zero-order chi connectivity index (χ0) is 18.4. The molecular weight excluding hydrogens is 348 g/mol. The lowest BCUT2D eigenvalue weighted by atomic mass is 10.1. The Hall–Kier alpha value is -2.18. The van der Waals surface area contributed by atoms with Gasteiger partial charge in [-0.25, -0.2) is 8.42 Å². The first-order valence-electron chi connectivity index (χ1n) is 9.00. The lowest BCUT2D eigenvalue weighted by molar-refractivity contribution is -0.116. The summed E-state index contributed by atoms with van der Waals surface area (Å²) in [6.45, 7) is 1.20. The second kappa shape index (κ2) is 8.47. The van der Waals surface area contributed by atoms with Gasteiger partial charge < -0.3 is 5.32 Å². The third-order valence-electron chi connectivity index (χ3n) is 4.57. The van der Waals surface area contributed by atoms with Crippen molar-refractivity contribution in [2.45, 2.75) is 37.0 Å². The van der Waals surface area contributed by atoms with E-state index in [1.807, 2.05) is 30.3 Å². The molecule has 2 aromatic rings. The number of nitrogens with zero attached hydrogens (tertiary/aromatic N) is 1. The van der Waals surface area contributed by atoms with E-state index < -0.39 is 10.0 Å². The molecule has 1 amide bonds. The first-order valence-corrected chi connectivity index (χ1v) is 10.4. The summed E-state index contributed by atoms with van der Waals surface area (Å²) in [4.78, 5) is 12.3. The van der Waals surface area contributed by atoms with Crippen LogP contribution in [0.3, 0.4) is 0 Å². The van der Waals surface area contributed by atoms with Crippen LogP contribution in [0.2, 0.25) is 0 Å². The van der Waals surface area contributed by atoms with E-state index in [1.165, 1.54) is 0 Å². The number of aryl methyl sites for hydroxylation is 1. The summed E-state index contributed by atoms with van der Waals surface area (Å²) in [5, 5.41) is 2.85. The monoisotopic (exact) mass is 372 g/mol. The summed E-state index contributed by atoms with van der Waals surface area (Å²) >= 11 is 0. The Bertz CT molecular complexity index is 827. The van der Waals surface area contributed by atoms with E-state index in [4.69, 9.17) is 0 Å². The van der Waals surface area contributed by atoms with E-state index in [9.17, 15) is 13.2 Å². The van der Waals surface area contributed by atoms with Crippen LogP contribution < -0.4 is 5.32 Å². The summed E-state index contributed by atoms with van der Waals surface area (Å²) in [7, 11) is -3.40. The maximum absolute atomic E-state index is 12.6. The first-order chi connectivity index (χ1) is 12.6. The van der Waals surface area contributed by atoms with Crippen molar-refractivity contribution in [2.75, 3.05) is 18.4 Å².